The van der Waals surface area contributed by atoms with Gasteiger partial charge in [-0.05, 0) is 36.1 Å². The van der Waals surface area contributed by atoms with Gasteiger partial charge in [-0.15, -0.1) is 0 Å². The molecule has 0 radical (unpaired) electrons. The number of nitrogens with zero attached hydrogens (tertiary/aromatic N) is 2. The molecular weight excluding hydrogens is 244 g/mol. The van der Waals surface area contributed by atoms with E-state index in [1.807, 2.05) is 31.0 Å². The molecule has 14 heavy (non-hydrogen) atoms. The zero-order valence-corrected chi connectivity index (χ0v) is 9.71. The smallest absolute Gasteiger partial charge is 0.129 e. The lowest BCUT2D eigenvalue weighted by molar-refractivity contribution is 0.462. The predicted molar refractivity (Wildman–Crippen MR) is 59.6 cm³/mol. The van der Waals surface area contributed by atoms with Crippen molar-refractivity contribution in [3.05, 3.63) is 28.5 Å². The molecule has 0 aliphatic rings. The van der Waals surface area contributed by atoms with Gasteiger partial charge >= 0.3 is 0 Å². The van der Waals surface area contributed by atoms with E-state index in [1.54, 1.807) is 12.4 Å². The Bertz CT molecular complexity index is 370. The normalized spacial score (nSPS) is 10.0. The van der Waals surface area contributed by atoms with E-state index in [-0.39, 0.29) is 0 Å². The van der Waals surface area contributed by atoms with Gasteiger partial charge in [-0.2, -0.15) is 0 Å². The summed E-state index contributed by atoms with van der Waals surface area (Å²) in [5, 5.41) is 0. The summed E-state index contributed by atoms with van der Waals surface area (Å²) in [6, 6.07) is 1.86. The maximum atomic E-state index is 10.7. The maximum Gasteiger partial charge on any atom is 0.129 e. The second-order valence-corrected chi connectivity index (χ2v) is 4.13. The summed E-state index contributed by atoms with van der Waals surface area (Å²) < 4.78 is 0.863. The molecule has 0 atom stereocenters. The highest BCUT2D eigenvalue weighted by molar-refractivity contribution is 9.10. The summed E-state index contributed by atoms with van der Waals surface area (Å²) in [5.74, 6) is 1.94. The van der Waals surface area contributed by atoms with Crippen LogP contribution in [0.15, 0.2) is 22.9 Å². The van der Waals surface area contributed by atoms with Gasteiger partial charge in [-0.3, -0.25) is 4.98 Å². The molecule has 3 nitrogen and oxygen atoms in total. The van der Waals surface area contributed by atoms with Gasteiger partial charge in [0.05, 0.1) is 5.57 Å². The number of carbonyl (C=O) groups excluding carboxylic acids is 1. The summed E-state index contributed by atoms with van der Waals surface area (Å²) in [6.07, 6.45) is 3.34. The Hall–Kier alpha value is -0.960. The first-order valence-electron chi connectivity index (χ1n) is 4.13. The van der Waals surface area contributed by atoms with Crippen molar-refractivity contribution in [1.82, 2.24) is 9.88 Å². The second-order valence-electron chi connectivity index (χ2n) is 3.21. The third kappa shape index (κ3) is 3.07. The van der Waals surface area contributed by atoms with E-state index in [2.05, 4.69) is 20.9 Å². The third-order valence-corrected chi connectivity index (χ3v) is 2.08. The Kier molecular flexibility index (Phi) is 4.01. The van der Waals surface area contributed by atoms with Crippen molar-refractivity contribution >= 4 is 27.4 Å². The first kappa shape index (κ1) is 11.1. The minimum absolute atomic E-state index is 0.571. The lowest BCUT2D eigenvalue weighted by Gasteiger charge is -2.10. The standard InChI is InChI=1S/C10H11BrN2O/c1-13(2)6-9(7-14)8-3-10(11)5-12-4-8/h3-5H,6H2,1-2H3. The van der Waals surface area contributed by atoms with E-state index in [9.17, 15) is 4.79 Å². The third-order valence-electron chi connectivity index (χ3n) is 1.65. The number of pyridine rings is 1. The van der Waals surface area contributed by atoms with E-state index in [0.29, 0.717) is 12.1 Å². The Balaban J connectivity index is 2.96. The molecule has 0 aromatic carbocycles. The summed E-state index contributed by atoms with van der Waals surface area (Å²) in [7, 11) is 3.81. The second kappa shape index (κ2) is 5.05. The SMILES string of the molecule is CN(C)CC(=C=O)c1cncc(Br)c1. The van der Waals surface area contributed by atoms with Crippen molar-refractivity contribution in [1.29, 1.82) is 0 Å². The van der Waals surface area contributed by atoms with Crippen molar-refractivity contribution in [3.63, 3.8) is 0 Å². The van der Waals surface area contributed by atoms with E-state index in [1.165, 1.54) is 0 Å². The molecular formula is C10H11BrN2O. The average Bonchev–Trinajstić information content (AvgIpc) is 2.14. The van der Waals surface area contributed by atoms with Crippen LogP contribution < -0.4 is 0 Å². The van der Waals surface area contributed by atoms with Crippen LogP contribution in [-0.4, -0.2) is 36.5 Å². The van der Waals surface area contributed by atoms with Crippen LogP contribution in [0.1, 0.15) is 5.56 Å². The van der Waals surface area contributed by atoms with E-state index < -0.39 is 0 Å². The van der Waals surface area contributed by atoms with Gasteiger partial charge in [-0.25, -0.2) is 4.79 Å². The summed E-state index contributed by atoms with van der Waals surface area (Å²) in [4.78, 5) is 16.6. The van der Waals surface area contributed by atoms with Crippen molar-refractivity contribution in [3.8, 4) is 0 Å². The fraction of sp³-hybridized carbons (Fsp3) is 0.300. The van der Waals surface area contributed by atoms with Gasteiger partial charge in [0, 0.05) is 29.0 Å². The van der Waals surface area contributed by atoms with Gasteiger partial charge in [-0.1, -0.05) is 0 Å². The highest BCUT2D eigenvalue weighted by Gasteiger charge is 2.05. The van der Waals surface area contributed by atoms with Crippen molar-refractivity contribution in [2.45, 2.75) is 0 Å². The van der Waals surface area contributed by atoms with E-state index in [4.69, 9.17) is 0 Å². The maximum absolute atomic E-state index is 10.7. The summed E-state index contributed by atoms with van der Waals surface area (Å²) in [6.45, 7) is 0.571. The van der Waals surface area contributed by atoms with Crippen molar-refractivity contribution in [2.24, 2.45) is 0 Å². The van der Waals surface area contributed by atoms with Gasteiger partial charge in [0.15, 0.2) is 0 Å². The van der Waals surface area contributed by atoms with Crippen LogP contribution in [0.2, 0.25) is 0 Å². The monoisotopic (exact) mass is 254 g/mol. The fourth-order valence-electron chi connectivity index (χ4n) is 1.08. The Morgan fingerprint density at radius 3 is 2.79 bits per heavy atom. The van der Waals surface area contributed by atoms with E-state index >= 15 is 0 Å². The number of hydrogen-bond donors (Lipinski definition) is 0. The number of aromatic nitrogens is 1. The number of halogens is 1. The zero-order valence-electron chi connectivity index (χ0n) is 8.12. The molecule has 74 valence electrons. The van der Waals surface area contributed by atoms with Gasteiger partial charge in [0.1, 0.15) is 5.94 Å². The lowest BCUT2D eigenvalue weighted by Crippen LogP contribution is -2.14. The first-order valence-corrected chi connectivity index (χ1v) is 4.92. The molecule has 0 aliphatic heterocycles. The first-order chi connectivity index (χ1) is 6.63. The van der Waals surface area contributed by atoms with Crippen molar-refractivity contribution in [2.75, 3.05) is 20.6 Å². The Labute approximate surface area is 91.6 Å². The summed E-state index contributed by atoms with van der Waals surface area (Å²) >= 11 is 3.31. The molecule has 1 rings (SSSR count). The molecule has 1 heterocycles. The minimum atomic E-state index is 0.571. The minimum Gasteiger partial charge on any atom is -0.304 e. The molecule has 0 saturated carbocycles. The Morgan fingerprint density at radius 2 is 2.29 bits per heavy atom. The van der Waals surface area contributed by atoms with Gasteiger partial charge < -0.3 is 4.90 Å². The molecule has 0 aliphatic carbocycles. The molecule has 0 saturated heterocycles. The predicted octanol–water partition coefficient (Wildman–Crippen LogP) is 1.62. The van der Waals surface area contributed by atoms with E-state index in [0.717, 1.165) is 10.0 Å². The molecule has 0 bridgehead atoms. The molecule has 4 heteroatoms. The molecule has 0 spiro atoms. The number of hydrogen-bond acceptors (Lipinski definition) is 3. The quantitative estimate of drug-likeness (QED) is 0.769. The molecule has 0 fully saturated rings. The topological polar surface area (TPSA) is 33.2 Å². The van der Waals surface area contributed by atoms with Crippen LogP contribution in [0.4, 0.5) is 0 Å². The highest BCUT2D eigenvalue weighted by Crippen LogP contribution is 2.15. The lowest BCUT2D eigenvalue weighted by atomic mass is 10.1. The van der Waals surface area contributed by atoms with Crippen LogP contribution in [0.5, 0.6) is 0 Å². The Morgan fingerprint density at radius 1 is 1.57 bits per heavy atom. The van der Waals surface area contributed by atoms with Crippen LogP contribution in [0, 0.1) is 0 Å². The molecule has 0 N–H and O–H groups in total. The number of likely N-dealkylation sites (N-methyl/N-ethyl adjacent to an activating group) is 1. The van der Waals surface area contributed by atoms with Gasteiger partial charge in [0.2, 0.25) is 0 Å². The van der Waals surface area contributed by atoms with Crippen LogP contribution in [-0.2, 0) is 4.79 Å². The van der Waals surface area contributed by atoms with Gasteiger partial charge in [0.25, 0.3) is 0 Å². The average molecular weight is 255 g/mol. The molecule has 0 unspecified atom stereocenters. The van der Waals surface area contributed by atoms with Crippen molar-refractivity contribution < 1.29 is 4.79 Å². The van der Waals surface area contributed by atoms with Crippen LogP contribution >= 0.6 is 15.9 Å². The molecule has 0 amide bonds. The van der Waals surface area contributed by atoms with Crippen LogP contribution in [0.25, 0.3) is 5.57 Å². The molecule has 1 aromatic heterocycles. The zero-order chi connectivity index (χ0) is 10.6. The highest BCUT2D eigenvalue weighted by atomic mass is 79.9. The fourth-order valence-corrected chi connectivity index (χ4v) is 1.44. The molecule has 1 aromatic rings. The largest absolute Gasteiger partial charge is 0.304 e. The summed E-state index contributed by atoms with van der Waals surface area (Å²) in [5.41, 5.74) is 1.42. The van der Waals surface area contributed by atoms with Crippen LogP contribution in [0.3, 0.4) is 0 Å². The number of rotatable bonds is 3.